The first-order valence-electron chi connectivity index (χ1n) is 8.30. The van der Waals surface area contributed by atoms with Crippen LogP contribution < -0.4 is 10.0 Å². The van der Waals surface area contributed by atoms with Crippen LogP contribution in [-0.2, 0) is 22.6 Å². The van der Waals surface area contributed by atoms with Gasteiger partial charge in [-0.15, -0.1) is 0 Å². The number of benzene rings is 1. The van der Waals surface area contributed by atoms with Gasteiger partial charge in [0, 0.05) is 23.6 Å². The maximum atomic E-state index is 13.4. The molecule has 2 N–H and O–H groups in total. The fourth-order valence-electron chi connectivity index (χ4n) is 2.43. The van der Waals surface area contributed by atoms with Crippen LogP contribution in [0.1, 0.15) is 11.1 Å². The van der Waals surface area contributed by atoms with Crippen molar-refractivity contribution in [3.8, 4) is 11.9 Å². The number of nitrogens with one attached hydrogen (secondary N) is 2. The Balaban J connectivity index is 1.96. The monoisotopic (exact) mass is 437 g/mol. The van der Waals surface area contributed by atoms with E-state index in [-0.39, 0.29) is 17.3 Å². The zero-order valence-corrected chi connectivity index (χ0v) is 16.2. The number of sulfonamides is 1. The van der Waals surface area contributed by atoms with Crippen LogP contribution in [0.3, 0.4) is 0 Å². The van der Waals surface area contributed by atoms with Crippen molar-refractivity contribution in [2.24, 2.45) is 0 Å². The molecule has 0 amide bonds. The van der Waals surface area contributed by atoms with Crippen LogP contribution in [0, 0.1) is 11.3 Å². The highest BCUT2D eigenvalue weighted by molar-refractivity contribution is 7.89. The number of hydrogen-bond donors (Lipinski definition) is 2. The summed E-state index contributed by atoms with van der Waals surface area (Å²) in [4.78, 5) is 7.62. The average Bonchev–Trinajstić information content (AvgIpc) is 3.16. The molecule has 0 atom stereocenters. The van der Waals surface area contributed by atoms with Crippen molar-refractivity contribution >= 4 is 21.7 Å². The van der Waals surface area contributed by atoms with Crippen LogP contribution in [0.5, 0.6) is 0 Å². The Bertz CT molecular complexity index is 1200. The third-order valence-electron chi connectivity index (χ3n) is 3.90. The molecule has 13 heteroatoms. The summed E-state index contributed by atoms with van der Waals surface area (Å²) in [7, 11) is -2.35. The summed E-state index contributed by atoms with van der Waals surface area (Å²) in [5.41, 5.74) is -0.309. The summed E-state index contributed by atoms with van der Waals surface area (Å²) < 4.78 is 66.8. The highest BCUT2D eigenvalue weighted by atomic mass is 32.2. The topological polar surface area (TPSA) is 126 Å². The number of hydrogen-bond acceptors (Lipinski definition) is 7. The van der Waals surface area contributed by atoms with Crippen molar-refractivity contribution in [3.63, 3.8) is 0 Å². The lowest BCUT2D eigenvalue weighted by atomic mass is 10.3. The lowest BCUT2D eigenvalue weighted by Crippen LogP contribution is -2.18. The van der Waals surface area contributed by atoms with Crippen molar-refractivity contribution < 1.29 is 21.6 Å². The van der Waals surface area contributed by atoms with Gasteiger partial charge in [-0.2, -0.15) is 28.5 Å². The molecule has 0 aliphatic rings. The van der Waals surface area contributed by atoms with Gasteiger partial charge in [-0.25, -0.2) is 22.8 Å². The molecule has 0 fully saturated rings. The predicted molar refractivity (Wildman–Crippen MR) is 99.4 cm³/mol. The van der Waals surface area contributed by atoms with Gasteiger partial charge in [0.1, 0.15) is 5.56 Å². The van der Waals surface area contributed by atoms with E-state index in [1.54, 1.807) is 0 Å². The quantitative estimate of drug-likeness (QED) is 0.606. The predicted octanol–water partition coefficient (Wildman–Crippen LogP) is 2.40. The molecule has 2 aromatic heterocycles. The van der Waals surface area contributed by atoms with Gasteiger partial charge in [0.2, 0.25) is 16.0 Å². The van der Waals surface area contributed by atoms with Gasteiger partial charge in [-0.1, -0.05) is 0 Å². The summed E-state index contributed by atoms with van der Waals surface area (Å²) in [6, 6.07) is 7.37. The van der Waals surface area contributed by atoms with Gasteiger partial charge in [-0.05, 0) is 31.3 Å². The second-order valence-corrected chi connectivity index (χ2v) is 7.80. The highest BCUT2D eigenvalue weighted by Gasteiger charge is 2.36. The molecule has 30 heavy (non-hydrogen) atoms. The molecular formula is C17H14F3N7O2S. The number of rotatable bonds is 6. The molecule has 0 aliphatic heterocycles. The van der Waals surface area contributed by atoms with Gasteiger partial charge >= 0.3 is 6.18 Å². The minimum Gasteiger partial charge on any atom is -0.324 e. The van der Waals surface area contributed by atoms with E-state index < -0.39 is 27.6 Å². The molecule has 0 aliphatic carbocycles. The van der Waals surface area contributed by atoms with Crippen molar-refractivity contribution in [1.29, 1.82) is 5.26 Å². The second kappa shape index (κ2) is 8.09. The standard InChI is InChI=1S/C17H14F3N7O2S/c1-22-30(28,29)13-4-2-12(3-5-13)25-16-23-9-14(17(18,19)20)15(26-16)27-10-11(6-7-21)8-24-27/h2-5,8-10,22H,6H2,1H3,(H,23,25,26). The highest BCUT2D eigenvalue weighted by Crippen LogP contribution is 2.33. The maximum absolute atomic E-state index is 13.4. The van der Waals surface area contributed by atoms with Crippen molar-refractivity contribution in [2.45, 2.75) is 17.5 Å². The Kier molecular flexibility index (Phi) is 5.72. The van der Waals surface area contributed by atoms with E-state index in [0.717, 1.165) is 4.68 Å². The Hall–Kier alpha value is -3.50. The first-order valence-corrected chi connectivity index (χ1v) is 9.78. The number of nitriles is 1. The van der Waals surface area contributed by atoms with E-state index in [2.05, 4.69) is 25.1 Å². The van der Waals surface area contributed by atoms with Crippen molar-refractivity contribution in [3.05, 3.63) is 54.0 Å². The number of halogens is 3. The molecule has 0 saturated carbocycles. The molecule has 156 valence electrons. The summed E-state index contributed by atoms with van der Waals surface area (Å²) in [5.74, 6) is -0.668. The molecule has 0 saturated heterocycles. The Morgan fingerprint density at radius 3 is 2.50 bits per heavy atom. The van der Waals surface area contributed by atoms with Gasteiger partial charge in [0.25, 0.3) is 0 Å². The Morgan fingerprint density at radius 1 is 1.20 bits per heavy atom. The van der Waals surface area contributed by atoms with Crippen molar-refractivity contribution in [2.75, 3.05) is 12.4 Å². The fraction of sp³-hybridized carbons (Fsp3) is 0.176. The van der Waals surface area contributed by atoms with E-state index in [9.17, 15) is 21.6 Å². The average molecular weight is 437 g/mol. The number of anilines is 2. The number of alkyl halides is 3. The molecule has 0 radical (unpaired) electrons. The molecule has 3 aromatic rings. The molecule has 1 aromatic carbocycles. The van der Waals surface area contributed by atoms with E-state index in [4.69, 9.17) is 5.26 Å². The molecule has 0 bridgehead atoms. The third kappa shape index (κ3) is 4.56. The molecule has 0 spiro atoms. The maximum Gasteiger partial charge on any atom is 0.421 e. The van der Waals surface area contributed by atoms with E-state index in [1.807, 2.05) is 6.07 Å². The lowest BCUT2D eigenvalue weighted by Gasteiger charge is -2.13. The number of nitrogens with zero attached hydrogens (tertiary/aromatic N) is 5. The van der Waals surface area contributed by atoms with Gasteiger partial charge in [0.15, 0.2) is 5.82 Å². The smallest absolute Gasteiger partial charge is 0.324 e. The van der Waals surface area contributed by atoms with Crippen LogP contribution in [0.15, 0.2) is 47.8 Å². The molecular weight excluding hydrogens is 423 g/mol. The van der Waals surface area contributed by atoms with Gasteiger partial charge < -0.3 is 5.32 Å². The van der Waals surface area contributed by atoms with Crippen LogP contribution in [0.4, 0.5) is 24.8 Å². The third-order valence-corrected chi connectivity index (χ3v) is 5.33. The molecule has 2 heterocycles. The largest absolute Gasteiger partial charge is 0.421 e. The van der Waals surface area contributed by atoms with Crippen molar-refractivity contribution in [1.82, 2.24) is 24.5 Å². The summed E-state index contributed by atoms with van der Waals surface area (Å²) >= 11 is 0. The first kappa shape index (κ1) is 21.2. The van der Waals surface area contributed by atoms with Gasteiger partial charge in [-0.3, -0.25) is 0 Å². The zero-order valence-electron chi connectivity index (χ0n) is 15.3. The van der Waals surface area contributed by atoms with Gasteiger partial charge in [0.05, 0.1) is 23.6 Å². The minimum absolute atomic E-state index is 0.0145. The number of aromatic nitrogens is 4. The Labute approximate surface area is 169 Å². The van der Waals surface area contributed by atoms with Crippen LogP contribution in [0.25, 0.3) is 5.82 Å². The molecule has 0 unspecified atom stereocenters. The summed E-state index contributed by atoms with van der Waals surface area (Å²) in [6.07, 6.45) is -1.56. The summed E-state index contributed by atoms with van der Waals surface area (Å²) in [5, 5.41) is 15.3. The van der Waals surface area contributed by atoms with E-state index in [0.29, 0.717) is 17.4 Å². The Morgan fingerprint density at radius 2 is 1.90 bits per heavy atom. The van der Waals surface area contributed by atoms with E-state index in [1.165, 1.54) is 43.7 Å². The SMILES string of the molecule is CNS(=O)(=O)c1ccc(Nc2ncc(C(F)(F)F)c(-n3cc(CC#N)cn3)n2)cc1. The zero-order chi connectivity index (χ0) is 21.9. The van der Waals surface area contributed by atoms with E-state index >= 15 is 0 Å². The van der Waals surface area contributed by atoms with Crippen LogP contribution >= 0.6 is 0 Å². The summed E-state index contributed by atoms with van der Waals surface area (Å²) in [6.45, 7) is 0. The fourth-order valence-corrected chi connectivity index (χ4v) is 3.16. The van der Waals surface area contributed by atoms with Crippen LogP contribution in [-0.4, -0.2) is 35.2 Å². The lowest BCUT2D eigenvalue weighted by molar-refractivity contribution is -0.138. The minimum atomic E-state index is -4.72. The first-order chi connectivity index (χ1) is 14.1. The normalized spacial score (nSPS) is 11.8. The molecule has 9 nitrogen and oxygen atoms in total. The molecule has 3 rings (SSSR count). The second-order valence-electron chi connectivity index (χ2n) is 5.91. The van der Waals surface area contributed by atoms with Crippen LogP contribution in [0.2, 0.25) is 0 Å².